The van der Waals surface area contributed by atoms with Crippen LogP contribution in [0.15, 0.2) is 0 Å². The Bertz CT molecular complexity index is 293. The summed E-state index contributed by atoms with van der Waals surface area (Å²) >= 11 is 0. The summed E-state index contributed by atoms with van der Waals surface area (Å²) in [5, 5.41) is 0. The highest BCUT2D eigenvalue weighted by Gasteiger charge is 2.20. The second-order valence-electron chi connectivity index (χ2n) is 10.1. The van der Waals surface area contributed by atoms with E-state index in [4.69, 9.17) is 0 Å². The van der Waals surface area contributed by atoms with Crippen molar-refractivity contribution in [2.45, 2.75) is 135 Å². The van der Waals surface area contributed by atoms with Crippen molar-refractivity contribution < 1.29 is 0 Å². The molecular weight excluding hydrogens is 300 g/mol. The molecule has 25 heavy (non-hydrogen) atoms. The molecule has 0 spiro atoms. The molecule has 0 aromatic rings. The van der Waals surface area contributed by atoms with Crippen molar-refractivity contribution in [3.05, 3.63) is 0 Å². The van der Waals surface area contributed by atoms with E-state index < -0.39 is 0 Å². The Balaban J connectivity index is 1.33. The summed E-state index contributed by atoms with van der Waals surface area (Å²) in [6.45, 7) is 0. The average Bonchev–Trinajstić information content (AvgIpc) is 3.34. The zero-order valence-corrected chi connectivity index (χ0v) is 17.2. The summed E-state index contributed by atoms with van der Waals surface area (Å²) in [5.74, 6) is 4.39. The van der Waals surface area contributed by atoms with Crippen LogP contribution in [0.5, 0.6) is 0 Å². The molecule has 3 fully saturated rings. The molecule has 0 saturated heterocycles. The fraction of sp³-hybridized carbons (Fsp3) is 1.00. The van der Waals surface area contributed by atoms with E-state index in [-0.39, 0.29) is 0 Å². The molecule has 0 heterocycles. The van der Waals surface area contributed by atoms with Gasteiger partial charge < -0.3 is 0 Å². The van der Waals surface area contributed by atoms with Crippen molar-refractivity contribution in [1.82, 2.24) is 0 Å². The van der Waals surface area contributed by atoms with E-state index in [9.17, 15) is 0 Å². The molecule has 0 nitrogen and oxygen atoms in total. The minimum Gasteiger partial charge on any atom is -0.0533 e. The fourth-order valence-corrected chi connectivity index (χ4v) is 6.37. The van der Waals surface area contributed by atoms with Gasteiger partial charge in [0.05, 0.1) is 0 Å². The summed E-state index contributed by atoms with van der Waals surface area (Å²) in [6, 6.07) is 0. The molecule has 0 radical (unpaired) electrons. The van der Waals surface area contributed by atoms with Crippen molar-refractivity contribution in [1.29, 1.82) is 0 Å². The van der Waals surface area contributed by atoms with Crippen molar-refractivity contribution in [2.24, 2.45) is 23.7 Å². The van der Waals surface area contributed by atoms with Crippen LogP contribution in [0.2, 0.25) is 0 Å². The van der Waals surface area contributed by atoms with Gasteiger partial charge in [-0.2, -0.15) is 0 Å². The lowest BCUT2D eigenvalue weighted by Crippen LogP contribution is -2.10. The van der Waals surface area contributed by atoms with Crippen molar-refractivity contribution in [3.8, 4) is 0 Å². The van der Waals surface area contributed by atoms with Crippen LogP contribution in [0.4, 0.5) is 0 Å². The minimum absolute atomic E-state index is 1.07. The molecule has 0 atom stereocenters. The highest BCUT2D eigenvalue weighted by Crippen LogP contribution is 2.35. The van der Waals surface area contributed by atoms with Gasteiger partial charge in [-0.3, -0.25) is 0 Å². The van der Waals surface area contributed by atoms with Crippen LogP contribution in [-0.2, 0) is 0 Å². The Hall–Kier alpha value is 0. The average molecular weight is 347 g/mol. The molecule has 0 aromatic carbocycles. The van der Waals surface area contributed by atoms with Crippen LogP contribution < -0.4 is 0 Å². The molecule has 0 heteroatoms. The zero-order chi connectivity index (χ0) is 17.2. The Morgan fingerprint density at radius 1 is 0.440 bits per heavy atom. The van der Waals surface area contributed by atoms with Crippen LogP contribution in [0.3, 0.4) is 0 Å². The summed E-state index contributed by atoms with van der Waals surface area (Å²) in [7, 11) is 0. The largest absolute Gasteiger partial charge is 0.0533 e. The smallest absolute Gasteiger partial charge is 0.0414 e. The molecule has 3 aliphatic rings. The lowest BCUT2D eigenvalue weighted by atomic mass is 9.81. The molecule has 0 aromatic heterocycles. The predicted octanol–water partition coefficient (Wildman–Crippen LogP) is 8.68. The van der Waals surface area contributed by atoms with Gasteiger partial charge in [-0.15, -0.1) is 0 Å². The monoisotopic (exact) mass is 346 g/mol. The first kappa shape index (κ1) is 19.8. The molecule has 3 saturated carbocycles. The van der Waals surface area contributed by atoms with Crippen molar-refractivity contribution >= 4 is 0 Å². The Labute approximate surface area is 158 Å². The second-order valence-corrected chi connectivity index (χ2v) is 10.1. The minimum atomic E-state index is 1.07. The molecule has 0 aliphatic heterocycles. The third-order valence-corrected chi connectivity index (χ3v) is 8.11. The zero-order valence-electron chi connectivity index (χ0n) is 17.2. The first-order valence-corrected chi connectivity index (χ1v) is 12.4. The molecular formula is C25H46. The van der Waals surface area contributed by atoms with Gasteiger partial charge in [0, 0.05) is 0 Å². The number of hydrogen-bond donors (Lipinski definition) is 0. The van der Waals surface area contributed by atoms with Crippen LogP contribution in [0, 0.1) is 23.7 Å². The number of hydrogen-bond acceptors (Lipinski definition) is 0. The maximum Gasteiger partial charge on any atom is -0.0414 e. The van der Waals surface area contributed by atoms with Gasteiger partial charge >= 0.3 is 0 Å². The molecule has 0 N–H and O–H groups in total. The third-order valence-electron chi connectivity index (χ3n) is 8.11. The summed E-state index contributed by atoms with van der Waals surface area (Å²) < 4.78 is 0. The maximum absolute atomic E-state index is 1.57. The van der Waals surface area contributed by atoms with Crippen molar-refractivity contribution in [3.63, 3.8) is 0 Å². The lowest BCUT2D eigenvalue weighted by Gasteiger charge is -2.25. The van der Waals surface area contributed by atoms with Crippen LogP contribution in [-0.4, -0.2) is 0 Å². The topological polar surface area (TPSA) is 0 Å². The van der Waals surface area contributed by atoms with Crippen LogP contribution in [0.1, 0.15) is 135 Å². The van der Waals surface area contributed by atoms with Crippen LogP contribution >= 0.6 is 0 Å². The molecule has 3 rings (SSSR count). The highest BCUT2D eigenvalue weighted by molar-refractivity contribution is 4.73. The molecule has 146 valence electrons. The second kappa shape index (κ2) is 11.7. The van der Waals surface area contributed by atoms with Gasteiger partial charge in [0.15, 0.2) is 0 Å². The number of rotatable bonds is 11. The van der Waals surface area contributed by atoms with Crippen LogP contribution in [0.25, 0.3) is 0 Å². The van der Waals surface area contributed by atoms with Gasteiger partial charge in [-0.25, -0.2) is 0 Å². The van der Waals surface area contributed by atoms with E-state index >= 15 is 0 Å². The molecule has 0 unspecified atom stereocenters. The quantitative estimate of drug-likeness (QED) is 0.351. The van der Waals surface area contributed by atoms with Gasteiger partial charge in [-0.05, 0) is 23.7 Å². The Morgan fingerprint density at radius 3 is 1.32 bits per heavy atom. The highest BCUT2D eigenvalue weighted by atomic mass is 14.3. The first-order valence-electron chi connectivity index (χ1n) is 12.4. The first-order chi connectivity index (χ1) is 12.4. The van der Waals surface area contributed by atoms with Gasteiger partial charge in [0.2, 0.25) is 0 Å². The van der Waals surface area contributed by atoms with E-state index in [1.807, 2.05) is 0 Å². The van der Waals surface area contributed by atoms with E-state index in [0.717, 1.165) is 23.7 Å². The molecule has 0 amide bonds. The van der Waals surface area contributed by atoms with Gasteiger partial charge in [0.1, 0.15) is 0 Å². The Kier molecular flexibility index (Phi) is 9.21. The molecule has 3 aliphatic carbocycles. The maximum atomic E-state index is 1.57. The van der Waals surface area contributed by atoms with Gasteiger partial charge in [0.25, 0.3) is 0 Å². The Morgan fingerprint density at radius 2 is 0.840 bits per heavy atom. The third kappa shape index (κ3) is 7.64. The van der Waals surface area contributed by atoms with E-state index in [1.165, 1.54) is 44.9 Å². The van der Waals surface area contributed by atoms with Gasteiger partial charge in [-0.1, -0.05) is 135 Å². The van der Waals surface area contributed by atoms with E-state index in [2.05, 4.69) is 0 Å². The molecule has 0 bridgehead atoms. The fourth-order valence-electron chi connectivity index (χ4n) is 6.37. The van der Waals surface area contributed by atoms with E-state index in [1.54, 1.807) is 89.9 Å². The summed E-state index contributed by atoms with van der Waals surface area (Å²) in [5.41, 5.74) is 0. The van der Waals surface area contributed by atoms with Crippen molar-refractivity contribution in [2.75, 3.05) is 0 Å². The lowest BCUT2D eigenvalue weighted by molar-refractivity contribution is 0.282. The van der Waals surface area contributed by atoms with E-state index in [0.29, 0.717) is 0 Å². The summed E-state index contributed by atoms with van der Waals surface area (Å²) in [4.78, 5) is 0. The normalized spacial score (nSPS) is 23.9. The SMILES string of the molecule is C1CCC(CCC(CCCC2CCCC2)CCCC2CCCC2)CC1. The summed E-state index contributed by atoms with van der Waals surface area (Å²) in [6.07, 6.45) is 32.4. The standard InChI is InChI=1S/C25H46/c1-2-10-24(11-3-1)20-21-25(18-8-16-22-12-4-5-13-22)19-9-17-23-14-6-7-15-23/h22-25H,1-21H2. The predicted molar refractivity (Wildman–Crippen MR) is 111 cm³/mol.